The molecule has 2 aliphatic heterocycles. The van der Waals surface area contributed by atoms with Crippen molar-refractivity contribution in [2.24, 2.45) is 23.7 Å². The van der Waals surface area contributed by atoms with Crippen LogP contribution in [0.15, 0.2) is 0 Å². The fourth-order valence-corrected chi connectivity index (χ4v) is 6.71. The van der Waals surface area contributed by atoms with E-state index in [1.54, 1.807) is 0 Å². The number of carbonyl (C=O) groups is 1. The molecule has 4 aliphatic rings. The van der Waals surface area contributed by atoms with Gasteiger partial charge in [-0.2, -0.15) is 0 Å². The molecule has 2 aliphatic carbocycles. The third-order valence-corrected chi connectivity index (χ3v) is 7.10. The minimum absolute atomic E-state index is 0.193. The van der Waals surface area contributed by atoms with E-state index in [0.717, 1.165) is 12.8 Å². The van der Waals surface area contributed by atoms with E-state index in [-0.39, 0.29) is 17.6 Å². The lowest BCUT2D eigenvalue weighted by atomic mass is 9.47. The summed E-state index contributed by atoms with van der Waals surface area (Å²) in [5, 5.41) is 11.0. The fourth-order valence-electron chi connectivity index (χ4n) is 6.71. The molecule has 4 rings (SSSR count). The van der Waals surface area contributed by atoms with Crippen molar-refractivity contribution in [3.8, 4) is 0 Å². The van der Waals surface area contributed by atoms with Crippen LogP contribution in [0.1, 0.15) is 52.4 Å². The molecule has 0 amide bonds. The predicted octanol–water partition coefficient (Wildman–Crippen LogP) is 2.20. The Morgan fingerprint density at radius 3 is 2.59 bits per heavy atom. The standard InChI is InChI=1S/C18H29NO3/c1-11-9-13-14-5-3-7-19-8-4-6-15(18(14,19)10-11)17(16(13)21)22-12(2)20/h11,13-17,21H,3-10H2,1-2H3. The maximum absolute atomic E-state index is 11.6. The molecule has 2 saturated carbocycles. The number of piperidine rings is 2. The number of aliphatic hydroxyl groups excluding tert-OH is 1. The molecule has 1 N–H and O–H groups in total. The summed E-state index contributed by atoms with van der Waals surface area (Å²) in [4.78, 5) is 14.3. The molecular weight excluding hydrogens is 278 g/mol. The van der Waals surface area contributed by atoms with Crippen LogP contribution in [0.5, 0.6) is 0 Å². The Hall–Kier alpha value is -0.610. The second-order valence-corrected chi connectivity index (χ2v) is 8.25. The first-order valence-electron chi connectivity index (χ1n) is 9.14. The van der Waals surface area contributed by atoms with Crippen molar-refractivity contribution < 1.29 is 14.6 Å². The smallest absolute Gasteiger partial charge is 0.303 e. The van der Waals surface area contributed by atoms with Crippen LogP contribution in [0.2, 0.25) is 0 Å². The Labute approximate surface area is 133 Å². The first-order chi connectivity index (χ1) is 10.5. The zero-order valence-electron chi connectivity index (χ0n) is 13.8. The Balaban J connectivity index is 1.78. The van der Waals surface area contributed by atoms with Crippen LogP contribution in [0.3, 0.4) is 0 Å². The Kier molecular flexibility index (Phi) is 3.53. The highest BCUT2D eigenvalue weighted by molar-refractivity contribution is 5.66. The molecular formula is C18H29NO3. The highest BCUT2D eigenvalue weighted by atomic mass is 16.6. The van der Waals surface area contributed by atoms with Gasteiger partial charge in [-0.15, -0.1) is 0 Å². The van der Waals surface area contributed by atoms with Crippen molar-refractivity contribution in [2.75, 3.05) is 13.1 Å². The Morgan fingerprint density at radius 1 is 1.23 bits per heavy atom. The monoisotopic (exact) mass is 307 g/mol. The molecule has 2 heterocycles. The van der Waals surface area contributed by atoms with E-state index in [2.05, 4.69) is 11.8 Å². The maximum Gasteiger partial charge on any atom is 0.303 e. The summed E-state index contributed by atoms with van der Waals surface area (Å²) in [6.07, 6.45) is 6.34. The highest BCUT2D eigenvalue weighted by Gasteiger charge is 2.65. The van der Waals surface area contributed by atoms with E-state index < -0.39 is 6.10 Å². The first-order valence-corrected chi connectivity index (χ1v) is 9.14. The van der Waals surface area contributed by atoms with E-state index >= 15 is 0 Å². The zero-order chi connectivity index (χ0) is 15.5. The van der Waals surface area contributed by atoms with Crippen LogP contribution in [0, 0.1) is 23.7 Å². The predicted molar refractivity (Wildman–Crippen MR) is 83.2 cm³/mol. The van der Waals surface area contributed by atoms with Gasteiger partial charge >= 0.3 is 5.97 Å². The molecule has 2 bridgehead atoms. The molecule has 22 heavy (non-hydrogen) atoms. The maximum atomic E-state index is 11.6. The average Bonchev–Trinajstić information content (AvgIpc) is 2.47. The van der Waals surface area contributed by atoms with Gasteiger partial charge in [-0.3, -0.25) is 9.69 Å². The normalized spacial score (nSPS) is 51.0. The number of carbonyl (C=O) groups excluding carboxylic acids is 1. The fraction of sp³-hybridized carbons (Fsp3) is 0.944. The van der Waals surface area contributed by atoms with Crippen molar-refractivity contribution >= 4 is 5.97 Å². The molecule has 4 heteroatoms. The number of ether oxygens (including phenoxy) is 1. The van der Waals surface area contributed by atoms with Crippen LogP contribution >= 0.6 is 0 Å². The van der Waals surface area contributed by atoms with E-state index in [1.165, 1.54) is 45.7 Å². The van der Waals surface area contributed by atoms with E-state index in [0.29, 0.717) is 23.7 Å². The number of nitrogens with zero attached hydrogens (tertiary/aromatic N) is 1. The largest absolute Gasteiger partial charge is 0.459 e. The first kappa shape index (κ1) is 14.9. The molecule has 7 atom stereocenters. The van der Waals surface area contributed by atoms with Crippen LogP contribution in [0.25, 0.3) is 0 Å². The van der Waals surface area contributed by atoms with Crippen molar-refractivity contribution in [3.05, 3.63) is 0 Å². The Morgan fingerprint density at radius 2 is 1.91 bits per heavy atom. The van der Waals surface area contributed by atoms with Gasteiger partial charge in [-0.1, -0.05) is 6.92 Å². The van der Waals surface area contributed by atoms with Crippen molar-refractivity contribution in [2.45, 2.75) is 70.1 Å². The minimum atomic E-state index is -0.465. The van der Waals surface area contributed by atoms with Crippen molar-refractivity contribution in [1.29, 1.82) is 0 Å². The van der Waals surface area contributed by atoms with Crippen LogP contribution < -0.4 is 0 Å². The van der Waals surface area contributed by atoms with Gasteiger partial charge in [0.1, 0.15) is 6.10 Å². The van der Waals surface area contributed by atoms with Gasteiger partial charge in [-0.25, -0.2) is 0 Å². The van der Waals surface area contributed by atoms with Crippen molar-refractivity contribution in [1.82, 2.24) is 4.90 Å². The molecule has 0 aromatic rings. The lowest BCUT2D eigenvalue weighted by Gasteiger charge is -2.68. The second-order valence-electron chi connectivity index (χ2n) is 8.25. The van der Waals surface area contributed by atoms with Crippen LogP contribution in [-0.4, -0.2) is 46.8 Å². The summed E-state index contributed by atoms with van der Waals surface area (Å²) in [6.45, 7) is 6.20. The number of aliphatic hydroxyl groups is 1. The number of hydrogen-bond acceptors (Lipinski definition) is 4. The van der Waals surface area contributed by atoms with Gasteiger partial charge in [0, 0.05) is 18.4 Å². The summed E-state index contributed by atoms with van der Waals surface area (Å²) < 4.78 is 5.69. The van der Waals surface area contributed by atoms with Gasteiger partial charge in [0.25, 0.3) is 0 Å². The summed E-state index contributed by atoms with van der Waals surface area (Å²) in [6, 6.07) is 0. The third-order valence-electron chi connectivity index (χ3n) is 7.10. The summed E-state index contributed by atoms with van der Waals surface area (Å²) in [7, 11) is 0. The summed E-state index contributed by atoms with van der Waals surface area (Å²) >= 11 is 0. The number of hydrogen-bond donors (Lipinski definition) is 1. The molecule has 0 radical (unpaired) electrons. The quantitative estimate of drug-likeness (QED) is 0.755. The van der Waals surface area contributed by atoms with Gasteiger partial charge in [0.05, 0.1) is 6.10 Å². The van der Waals surface area contributed by atoms with Crippen LogP contribution in [-0.2, 0) is 9.53 Å². The minimum Gasteiger partial charge on any atom is -0.459 e. The molecule has 1 spiro atoms. The van der Waals surface area contributed by atoms with Gasteiger partial charge < -0.3 is 9.84 Å². The van der Waals surface area contributed by atoms with Gasteiger partial charge in [-0.05, 0) is 69.4 Å². The molecule has 4 nitrogen and oxygen atoms in total. The van der Waals surface area contributed by atoms with E-state index in [4.69, 9.17) is 4.74 Å². The topological polar surface area (TPSA) is 49.8 Å². The third kappa shape index (κ3) is 1.92. The molecule has 2 saturated heterocycles. The number of rotatable bonds is 1. The lowest BCUT2D eigenvalue weighted by molar-refractivity contribution is -0.242. The highest BCUT2D eigenvalue weighted by Crippen LogP contribution is 2.60. The molecule has 0 aromatic heterocycles. The zero-order valence-corrected chi connectivity index (χ0v) is 13.8. The summed E-state index contributed by atoms with van der Waals surface area (Å²) in [5.41, 5.74) is 0.193. The van der Waals surface area contributed by atoms with E-state index in [1.807, 2.05) is 0 Å². The van der Waals surface area contributed by atoms with Gasteiger partial charge in [0.2, 0.25) is 0 Å². The lowest BCUT2D eigenvalue weighted by Crippen LogP contribution is -2.75. The molecule has 4 fully saturated rings. The second kappa shape index (κ2) is 5.20. The van der Waals surface area contributed by atoms with Gasteiger partial charge in [0.15, 0.2) is 0 Å². The SMILES string of the molecule is CC(=O)OC1C(O)C2CC(C)CC34C2CCCN3CCCC14. The summed E-state index contributed by atoms with van der Waals surface area (Å²) in [5.74, 6) is 1.66. The average molecular weight is 307 g/mol. The van der Waals surface area contributed by atoms with Crippen LogP contribution in [0.4, 0.5) is 0 Å². The molecule has 124 valence electrons. The molecule has 7 unspecified atom stereocenters. The van der Waals surface area contributed by atoms with Crippen molar-refractivity contribution in [3.63, 3.8) is 0 Å². The number of esters is 1. The Bertz CT molecular complexity index is 465. The molecule has 0 aromatic carbocycles. The van der Waals surface area contributed by atoms with E-state index in [9.17, 15) is 9.90 Å².